The SMILES string of the molecule is O=C1NC(=S)S/C1=C\c1ccc(OCCOc2ccc(/C=C3/SC(=S)NC3=O)cc2)cc1. The summed E-state index contributed by atoms with van der Waals surface area (Å²) in [5.74, 6) is 1.08. The van der Waals surface area contributed by atoms with Crippen molar-refractivity contribution in [3.05, 3.63) is 69.5 Å². The van der Waals surface area contributed by atoms with Crippen molar-refractivity contribution in [2.24, 2.45) is 0 Å². The largest absolute Gasteiger partial charge is 0.490 e. The second-order valence-electron chi connectivity index (χ2n) is 6.54. The summed E-state index contributed by atoms with van der Waals surface area (Å²) in [5.41, 5.74) is 1.78. The molecule has 2 N–H and O–H groups in total. The van der Waals surface area contributed by atoms with E-state index < -0.39 is 0 Å². The molecule has 2 aromatic carbocycles. The predicted molar refractivity (Wildman–Crippen MR) is 136 cm³/mol. The van der Waals surface area contributed by atoms with Crippen LogP contribution >= 0.6 is 48.0 Å². The highest BCUT2D eigenvalue weighted by Crippen LogP contribution is 2.27. The molecule has 2 aliphatic rings. The quantitative estimate of drug-likeness (QED) is 0.334. The zero-order valence-electron chi connectivity index (χ0n) is 16.5. The molecule has 2 aliphatic heterocycles. The smallest absolute Gasteiger partial charge is 0.263 e. The Bertz CT molecular complexity index is 1050. The number of rotatable bonds is 7. The zero-order chi connectivity index (χ0) is 22.5. The average Bonchev–Trinajstić information content (AvgIpc) is 3.26. The molecule has 0 unspecified atom stereocenters. The number of carbonyl (C=O) groups excluding carboxylic acids is 2. The van der Waals surface area contributed by atoms with Gasteiger partial charge in [0.25, 0.3) is 11.8 Å². The summed E-state index contributed by atoms with van der Waals surface area (Å²) < 4.78 is 12.4. The summed E-state index contributed by atoms with van der Waals surface area (Å²) in [6, 6.07) is 14.9. The molecule has 162 valence electrons. The van der Waals surface area contributed by atoms with Crippen LogP contribution in [0.4, 0.5) is 0 Å². The zero-order valence-corrected chi connectivity index (χ0v) is 19.7. The minimum Gasteiger partial charge on any atom is -0.490 e. The Kier molecular flexibility index (Phi) is 7.26. The number of carbonyl (C=O) groups is 2. The normalized spacial score (nSPS) is 18.2. The number of thiocarbonyl (C=S) groups is 2. The van der Waals surface area contributed by atoms with Gasteiger partial charge in [-0.3, -0.25) is 9.59 Å². The second kappa shape index (κ2) is 10.3. The maximum absolute atomic E-state index is 11.7. The van der Waals surface area contributed by atoms with E-state index in [0.717, 1.165) is 11.1 Å². The van der Waals surface area contributed by atoms with Gasteiger partial charge in [0.15, 0.2) is 0 Å². The summed E-state index contributed by atoms with van der Waals surface area (Å²) in [4.78, 5) is 24.6. The first-order valence-electron chi connectivity index (χ1n) is 9.42. The lowest BCUT2D eigenvalue weighted by Gasteiger charge is -2.09. The third kappa shape index (κ3) is 5.98. The molecule has 6 nitrogen and oxygen atoms in total. The fraction of sp³-hybridized carbons (Fsp3) is 0.0909. The molecule has 0 saturated carbocycles. The van der Waals surface area contributed by atoms with E-state index in [1.165, 1.54) is 23.5 Å². The number of benzene rings is 2. The van der Waals surface area contributed by atoms with Crippen molar-refractivity contribution in [3.63, 3.8) is 0 Å². The molecular formula is C22H16N2O4S4. The molecule has 0 spiro atoms. The van der Waals surface area contributed by atoms with E-state index in [9.17, 15) is 9.59 Å². The van der Waals surface area contributed by atoms with Crippen LogP contribution in [0, 0.1) is 0 Å². The van der Waals surface area contributed by atoms with Crippen LogP contribution in [0.1, 0.15) is 11.1 Å². The Balaban J connectivity index is 1.23. The average molecular weight is 501 g/mol. The van der Waals surface area contributed by atoms with Crippen LogP contribution in [0.25, 0.3) is 12.2 Å². The van der Waals surface area contributed by atoms with Crippen LogP contribution in [0.2, 0.25) is 0 Å². The highest BCUT2D eigenvalue weighted by Gasteiger charge is 2.22. The van der Waals surface area contributed by atoms with Crippen LogP contribution in [-0.2, 0) is 9.59 Å². The molecule has 2 amide bonds. The number of amides is 2. The lowest BCUT2D eigenvalue weighted by Crippen LogP contribution is -2.17. The summed E-state index contributed by atoms with van der Waals surface area (Å²) in [6.07, 6.45) is 3.58. The first-order valence-corrected chi connectivity index (χ1v) is 11.9. The summed E-state index contributed by atoms with van der Waals surface area (Å²) in [5, 5.41) is 5.19. The van der Waals surface area contributed by atoms with Crippen LogP contribution in [0.3, 0.4) is 0 Å². The van der Waals surface area contributed by atoms with Crippen molar-refractivity contribution in [3.8, 4) is 11.5 Å². The number of hydrogen-bond acceptors (Lipinski definition) is 8. The summed E-state index contributed by atoms with van der Waals surface area (Å²) in [7, 11) is 0. The Morgan fingerprint density at radius 1 is 0.688 bits per heavy atom. The van der Waals surface area contributed by atoms with Crippen molar-refractivity contribution >= 4 is 80.6 Å². The first-order chi connectivity index (χ1) is 15.5. The highest BCUT2D eigenvalue weighted by molar-refractivity contribution is 8.27. The molecule has 32 heavy (non-hydrogen) atoms. The van der Waals surface area contributed by atoms with Gasteiger partial charge in [-0.1, -0.05) is 72.2 Å². The number of hydrogen-bond donors (Lipinski definition) is 2. The minimum atomic E-state index is -0.172. The summed E-state index contributed by atoms with van der Waals surface area (Å²) >= 11 is 12.5. The molecule has 0 aliphatic carbocycles. The number of thioether (sulfide) groups is 2. The van der Waals surface area contributed by atoms with E-state index >= 15 is 0 Å². The standard InChI is InChI=1S/C22H16N2O4S4/c25-19-17(31-21(29)23-19)11-13-1-5-15(6-2-13)27-9-10-28-16-7-3-14(4-8-16)12-18-20(26)24-22(30)32-18/h1-8,11-12H,9-10H2,(H,23,25,29)(H,24,26,30)/b17-11-,18-12+. The van der Waals surface area contributed by atoms with Crippen LogP contribution in [0.15, 0.2) is 58.3 Å². The van der Waals surface area contributed by atoms with Crippen LogP contribution in [0.5, 0.6) is 11.5 Å². The van der Waals surface area contributed by atoms with Gasteiger partial charge in [0.05, 0.1) is 9.81 Å². The van der Waals surface area contributed by atoms with Crippen molar-refractivity contribution in [2.75, 3.05) is 13.2 Å². The molecule has 2 heterocycles. The third-order valence-electron chi connectivity index (χ3n) is 4.26. The lowest BCUT2D eigenvalue weighted by molar-refractivity contribution is -0.116. The molecule has 0 aromatic heterocycles. The molecule has 2 fully saturated rings. The second-order valence-corrected chi connectivity index (χ2v) is 9.98. The fourth-order valence-corrected chi connectivity index (χ4v) is 4.87. The van der Waals surface area contributed by atoms with Gasteiger partial charge in [0, 0.05) is 0 Å². The topological polar surface area (TPSA) is 76.7 Å². The van der Waals surface area contributed by atoms with Crippen molar-refractivity contribution in [1.29, 1.82) is 0 Å². The monoisotopic (exact) mass is 500 g/mol. The fourth-order valence-electron chi connectivity index (χ4n) is 2.78. The Hall–Kier alpha value is -2.66. The predicted octanol–water partition coefficient (Wildman–Crippen LogP) is 4.12. The summed E-state index contributed by atoms with van der Waals surface area (Å²) in [6.45, 7) is 0.764. The van der Waals surface area contributed by atoms with Gasteiger partial charge in [-0.15, -0.1) is 0 Å². The van der Waals surface area contributed by atoms with Gasteiger partial charge >= 0.3 is 0 Å². The molecule has 2 aromatic rings. The van der Waals surface area contributed by atoms with Gasteiger partial charge in [-0.2, -0.15) is 0 Å². The molecule has 0 radical (unpaired) electrons. The number of ether oxygens (including phenoxy) is 2. The van der Waals surface area contributed by atoms with Crippen molar-refractivity contribution in [1.82, 2.24) is 10.6 Å². The molecule has 0 bridgehead atoms. The molecule has 2 saturated heterocycles. The molecule has 4 rings (SSSR count). The van der Waals surface area contributed by atoms with Gasteiger partial charge in [0.1, 0.15) is 33.4 Å². The Morgan fingerprint density at radius 3 is 1.38 bits per heavy atom. The van der Waals surface area contributed by atoms with E-state index in [2.05, 4.69) is 10.6 Å². The van der Waals surface area contributed by atoms with Crippen molar-refractivity contribution < 1.29 is 19.1 Å². The van der Waals surface area contributed by atoms with Gasteiger partial charge in [-0.25, -0.2) is 0 Å². The van der Waals surface area contributed by atoms with E-state index in [1.54, 1.807) is 12.2 Å². The van der Waals surface area contributed by atoms with Gasteiger partial charge in [0.2, 0.25) is 0 Å². The van der Waals surface area contributed by atoms with Gasteiger partial charge < -0.3 is 20.1 Å². The van der Waals surface area contributed by atoms with Crippen LogP contribution in [-0.4, -0.2) is 33.7 Å². The van der Waals surface area contributed by atoms with E-state index in [0.29, 0.717) is 43.2 Å². The Morgan fingerprint density at radius 2 is 1.06 bits per heavy atom. The first kappa shape index (κ1) is 22.5. The van der Waals surface area contributed by atoms with E-state index in [-0.39, 0.29) is 11.8 Å². The lowest BCUT2D eigenvalue weighted by atomic mass is 10.2. The van der Waals surface area contributed by atoms with E-state index in [1.807, 2.05) is 48.5 Å². The molecular weight excluding hydrogens is 485 g/mol. The van der Waals surface area contributed by atoms with Gasteiger partial charge in [-0.05, 0) is 47.5 Å². The molecule has 0 atom stereocenters. The third-order valence-corrected chi connectivity index (χ3v) is 6.59. The maximum Gasteiger partial charge on any atom is 0.263 e. The van der Waals surface area contributed by atoms with E-state index in [4.69, 9.17) is 33.9 Å². The highest BCUT2D eigenvalue weighted by atomic mass is 32.2. The van der Waals surface area contributed by atoms with Crippen molar-refractivity contribution in [2.45, 2.75) is 0 Å². The molecule has 10 heteroatoms. The maximum atomic E-state index is 11.7. The van der Waals surface area contributed by atoms with Crippen LogP contribution < -0.4 is 20.1 Å². The number of nitrogens with one attached hydrogen (secondary N) is 2. The minimum absolute atomic E-state index is 0.172. The Labute approximate surface area is 203 Å².